The van der Waals surface area contributed by atoms with E-state index in [0.29, 0.717) is 36.1 Å². The Hall–Kier alpha value is -3.07. The van der Waals surface area contributed by atoms with Crippen LogP contribution in [0, 0.1) is 11.2 Å². The lowest BCUT2D eigenvalue weighted by Crippen LogP contribution is -2.51. The van der Waals surface area contributed by atoms with Crippen molar-refractivity contribution in [2.75, 3.05) is 18.4 Å². The van der Waals surface area contributed by atoms with Crippen LogP contribution in [0.15, 0.2) is 36.8 Å². The van der Waals surface area contributed by atoms with Gasteiger partial charge in [-0.25, -0.2) is 19.3 Å². The summed E-state index contributed by atoms with van der Waals surface area (Å²) in [5, 5.41) is 13.7. The Labute approximate surface area is 180 Å². The van der Waals surface area contributed by atoms with E-state index in [9.17, 15) is 14.3 Å². The van der Waals surface area contributed by atoms with Gasteiger partial charge in [-0.15, -0.1) is 0 Å². The molecule has 0 saturated carbocycles. The highest BCUT2D eigenvalue weighted by Gasteiger charge is 2.34. The smallest absolute Gasteiger partial charge is 0.252 e. The zero-order chi connectivity index (χ0) is 22.2. The average molecular weight is 426 g/mol. The first-order valence-electron chi connectivity index (χ1n) is 10.4. The molecular weight excluding hydrogens is 399 g/mol. The topological polar surface area (TPSA) is 95.7 Å². The maximum Gasteiger partial charge on any atom is 0.252 e. The number of imidazole rings is 1. The molecule has 1 aliphatic rings. The van der Waals surface area contributed by atoms with E-state index in [2.05, 4.69) is 20.3 Å². The Morgan fingerprint density at radius 3 is 2.87 bits per heavy atom. The summed E-state index contributed by atoms with van der Waals surface area (Å²) in [4.78, 5) is 27.6. The van der Waals surface area contributed by atoms with E-state index >= 15 is 0 Å². The number of piperidine rings is 1. The quantitative estimate of drug-likeness (QED) is 0.666. The molecule has 0 spiro atoms. The molecule has 8 nitrogen and oxygen atoms in total. The molecule has 2 N–H and O–H groups in total. The van der Waals surface area contributed by atoms with Gasteiger partial charge in [0.2, 0.25) is 0 Å². The molecule has 164 valence electrons. The number of likely N-dealkylation sites (tertiary alicyclic amines) is 1. The molecule has 9 heteroatoms. The number of halogens is 1. The lowest BCUT2D eigenvalue weighted by Gasteiger charge is -2.37. The molecule has 0 bridgehead atoms. The SMILES string of the molecule is CC(C)(C)[C@@H](O)C(=O)N1CCCC(Nc2ccnc(-c3cnc4ccc(F)cn34)n2)C1. The summed E-state index contributed by atoms with van der Waals surface area (Å²) in [5.41, 5.74) is 0.691. The maximum absolute atomic E-state index is 13.7. The molecule has 4 heterocycles. The van der Waals surface area contributed by atoms with Crippen LogP contribution in [-0.2, 0) is 4.79 Å². The maximum atomic E-state index is 13.7. The van der Waals surface area contributed by atoms with E-state index in [4.69, 9.17) is 0 Å². The van der Waals surface area contributed by atoms with Crippen molar-refractivity contribution in [3.05, 3.63) is 42.6 Å². The molecule has 0 radical (unpaired) electrons. The highest BCUT2D eigenvalue weighted by Crippen LogP contribution is 2.24. The molecule has 0 aromatic carbocycles. The van der Waals surface area contributed by atoms with Gasteiger partial charge in [0, 0.05) is 31.5 Å². The molecule has 31 heavy (non-hydrogen) atoms. The lowest BCUT2D eigenvalue weighted by molar-refractivity contribution is -0.146. The summed E-state index contributed by atoms with van der Waals surface area (Å²) >= 11 is 0. The number of anilines is 1. The predicted molar refractivity (Wildman–Crippen MR) is 115 cm³/mol. The number of aromatic nitrogens is 4. The molecule has 1 unspecified atom stereocenters. The minimum atomic E-state index is -1.03. The van der Waals surface area contributed by atoms with E-state index in [1.54, 1.807) is 33.8 Å². The van der Waals surface area contributed by atoms with Gasteiger partial charge in [0.1, 0.15) is 29.1 Å². The number of hydrogen-bond donors (Lipinski definition) is 2. The van der Waals surface area contributed by atoms with Gasteiger partial charge in [-0.2, -0.15) is 0 Å². The van der Waals surface area contributed by atoms with Crippen LogP contribution in [0.2, 0.25) is 0 Å². The number of nitrogens with one attached hydrogen (secondary N) is 1. The van der Waals surface area contributed by atoms with Crippen molar-refractivity contribution in [2.24, 2.45) is 5.41 Å². The van der Waals surface area contributed by atoms with Gasteiger partial charge in [0.05, 0.1) is 6.20 Å². The zero-order valence-corrected chi connectivity index (χ0v) is 17.9. The summed E-state index contributed by atoms with van der Waals surface area (Å²) in [6.45, 7) is 6.68. The number of fused-ring (bicyclic) bond motifs is 1. The van der Waals surface area contributed by atoms with E-state index < -0.39 is 11.5 Å². The lowest BCUT2D eigenvalue weighted by atomic mass is 9.88. The monoisotopic (exact) mass is 426 g/mol. The largest absolute Gasteiger partial charge is 0.383 e. The number of carbonyl (C=O) groups excluding carboxylic acids is 1. The van der Waals surface area contributed by atoms with Crippen LogP contribution in [0.4, 0.5) is 10.2 Å². The van der Waals surface area contributed by atoms with E-state index in [-0.39, 0.29) is 17.8 Å². The third-order valence-electron chi connectivity index (χ3n) is 5.49. The number of hydrogen-bond acceptors (Lipinski definition) is 6. The van der Waals surface area contributed by atoms with Crippen molar-refractivity contribution in [3.8, 4) is 11.5 Å². The summed E-state index contributed by atoms with van der Waals surface area (Å²) < 4.78 is 15.3. The number of carbonyl (C=O) groups is 1. The molecule has 2 atom stereocenters. The number of rotatable bonds is 4. The summed E-state index contributed by atoms with van der Waals surface area (Å²) in [6.07, 6.45) is 5.29. The Bertz CT molecular complexity index is 1090. The van der Waals surface area contributed by atoms with Crippen LogP contribution in [0.3, 0.4) is 0 Å². The van der Waals surface area contributed by atoms with Gasteiger partial charge in [0.25, 0.3) is 5.91 Å². The van der Waals surface area contributed by atoms with Crippen LogP contribution >= 0.6 is 0 Å². The fourth-order valence-electron chi connectivity index (χ4n) is 3.73. The van der Waals surface area contributed by atoms with Gasteiger partial charge < -0.3 is 15.3 Å². The van der Waals surface area contributed by atoms with Gasteiger partial charge in [-0.1, -0.05) is 20.8 Å². The normalized spacial score (nSPS) is 18.2. The Morgan fingerprint density at radius 2 is 2.10 bits per heavy atom. The van der Waals surface area contributed by atoms with Gasteiger partial charge >= 0.3 is 0 Å². The Balaban J connectivity index is 1.50. The second-order valence-electron chi connectivity index (χ2n) is 9.02. The van der Waals surface area contributed by atoms with Crippen LogP contribution in [0.5, 0.6) is 0 Å². The second kappa shape index (κ2) is 8.22. The van der Waals surface area contributed by atoms with Gasteiger partial charge in [0.15, 0.2) is 5.82 Å². The standard InChI is InChI=1S/C22H27FN6O2/c1-22(2,3)19(30)21(31)28-10-4-5-15(13-28)26-17-8-9-24-20(27-17)16-11-25-18-7-6-14(23)12-29(16)18/h6-9,11-12,15,19,30H,4-5,10,13H2,1-3H3,(H,24,26,27)/t15?,19-/m0/s1. The number of pyridine rings is 1. The summed E-state index contributed by atoms with van der Waals surface area (Å²) in [6, 6.07) is 4.73. The Morgan fingerprint density at radius 1 is 1.29 bits per heavy atom. The van der Waals surface area contributed by atoms with Crippen molar-refractivity contribution < 1.29 is 14.3 Å². The van der Waals surface area contributed by atoms with Crippen molar-refractivity contribution in [2.45, 2.75) is 45.8 Å². The van der Waals surface area contributed by atoms with Crippen molar-refractivity contribution in [1.29, 1.82) is 0 Å². The highest BCUT2D eigenvalue weighted by atomic mass is 19.1. The molecule has 1 amide bonds. The molecule has 1 aliphatic heterocycles. The number of aliphatic hydroxyl groups is 1. The van der Waals surface area contributed by atoms with E-state index in [0.717, 1.165) is 12.8 Å². The highest BCUT2D eigenvalue weighted by molar-refractivity contribution is 5.81. The molecule has 3 aromatic heterocycles. The number of nitrogens with zero attached hydrogens (tertiary/aromatic N) is 5. The first kappa shape index (κ1) is 21.2. The van der Waals surface area contributed by atoms with Crippen LogP contribution in [0.1, 0.15) is 33.6 Å². The van der Waals surface area contributed by atoms with Crippen LogP contribution in [0.25, 0.3) is 17.2 Å². The van der Waals surface area contributed by atoms with E-state index in [1.165, 1.54) is 12.3 Å². The number of aliphatic hydroxyl groups excluding tert-OH is 1. The summed E-state index contributed by atoms with van der Waals surface area (Å²) in [7, 11) is 0. The zero-order valence-electron chi connectivity index (χ0n) is 17.9. The predicted octanol–water partition coefficient (Wildman–Crippen LogP) is 2.74. The molecule has 4 rings (SSSR count). The minimum absolute atomic E-state index is 0.00671. The van der Waals surface area contributed by atoms with Crippen LogP contribution < -0.4 is 5.32 Å². The first-order valence-corrected chi connectivity index (χ1v) is 10.4. The molecule has 0 aliphatic carbocycles. The first-order chi connectivity index (χ1) is 14.7. The third kappa shape index (κ3) is 4.51. The average Bonchev–Trinajstić information content (AvgIpc) is 3.15. The minimum Gasteiger partial charge on any atom is -0.383 e. The Kier molecular flexibility index (Phi) is 5.62. The molecule has 1 saturated heterocycles. The van der Waals surface area contributed by atoms with Crippen molar-refractivity contribution in [1.82, 2.24) is 24.3 Å². The van der Waals surface area contributed by atoms with Gasteiger partial charge in [-0.3, -0.25) is 9.20 Å². The third-order valence-corrected chi connectivity index (χ3v) is 5.49. The fourth-order valence-corrected chi connectivity index (χ4v) is 3.73. The van der Waals surface area contributed by atoms with Crippen molar-refractivity contribution >= 4 is 17.4 Å². The number of amides is 1. The van der Waals surface area contributed by atoms with Gasteiger partial charge in [-0.05, 0) is 36.5 Å². The van der Waals surface area contributed by atoms with Crippen molar-refractivity contribution in [3.63, 3.8) is 0 Å². The molecule has 3 aromatic rings. The summed E-state index contributed by atoms with van der Waals surface area (Å²) in [5.74, 6) is 0.433. The van der Waals surface area contributed by atoms with Crippen LogP contribution in [-0.4, -0.2) is 60.5 Å². The second-order valence-corrected chi connectivity index (χ2v) is 9.02. The molecule has 1 fully saturated rings. The molecular formula is C22H27FN6O2. The fraction of sp³-hybridized carbons (Fsp3) is 0.455. The van der Waals surface area contributed by atoms with E-state index in [1.807, 2.05) is 20.8 Å².